The highest BCUT2D eigenvalue weighted by Crippen LogP contribution is 2.27. The summed E-state index contributed by atoms with van der Waals surface area (Å²) in [5.74, 6) is 0.567. The van der Waals surface area contributed by atoms with Crippen LogP contribution in [0.1, 0.15) is 30.0 Å². The molecule has 0 amide bonds. The maximum Gasteiger partial charge on any atom is 0.258 e. The fourth-order valence-corrected chi connectivity index (χ4v) is 3.51. The zero-order valence-corrected chi connectivity index (χ0v) is 13.9. The lowest BCUT2D eigenvalue weighted by atomic mass is 9.91. The van der Waals surface area contributed by atoms with Crippen molar-refractivity contribution in [3.63, 3.8) is 0 Å². The van der Waals surface area contributed by atoms with Crippen molar-refractivity contribution in [1.29, 1.82) is 0 Å². The molecular weight excluding hydrogens is 326 g/mol. The summed E-state index contributed by atoms with van der Waals surface area (Å²) in [6.45, 7) is 2.70. The number of rotatable bonds is 3. The van der Waals surface area contributed by atoms with E-state index in [2.05, 4.69) is 20.1 Å². The number of pyridine rings is 1. The van der Waals surface area contributed by atoms with Crippen LogP contribution in [0.4, 0.5) is 0 Å². The standard InChI is InChI=1S/C17H18ClN5O/c18-14-1-2-16-21-15(7-17(24)23(16)10-14)11-22-5-3-12(4-6-22)13-8-19-20-9-13/h1-2,7-10,12H,3-6,11H2,(H,19,20). The number of piperidine rings is 1. The van der Waals surface area contributed by atoms with Gasteiger partial charge in [-0.15, -0.1) is 0 Å². The number of aromatic nitrogens is 4. The van der Waals surface area contributed by atoms with Crippen LogP contribution in [0.3, 0.4) is 0 Å². The normalized spacial score (nSPS) is 16.7. The number of hydrogen-bond donors (Lipinski definition) is 1. The molecule has 3 aromatic rings. The van der Waals surface area contributed by atoms with Crippen LogP contribution < -0.4 is 5.56 Å². The third-order valence-corrected chi connectivity index (χ3v) is 4.86. The van der Waals surface area contributed by atoms with E-state index in [0.717, 1.165) is 31.6 Å². The minimum atomic E-state index is -0.0919. The van der Waals surface area contributed by atoms with Gasteiger partial charge in [0, 0.05) is 25.0 Å². The molecule has 0 atom stereocenters. The zero-order chi connectivity index (χ0) is 16.5. The Bertz CT molecular complexity index is 897. The number of H-pyrrole nitrogens is 1. The van der Waals surface area contributed by atoms with Crippen molar-refractivity contribution in [1.82, 2.24) is 24.5 Å². The second kappa shape index (κ2) is 6.37. The van der Waals surface area contributed by atoms with Gasteiger partial charge >= 0.3 is 0 Å². The molecule has 0 radical (unpaired) electrons. The van der Waals surface area contributed by atoms with Gasteiger partial charge in [0.2, 0.25) is 0 Å². The average molecular weight is 344 g/mol. The van der Waals surface area contributed by atoms with Gasteiger partial charge in [-0.1, -0.05) is 11.6 Å². The Kier molecular flexibility index (Phi) is 4.08. The smallest absolute Gasteiger partial charge is 0.258 e. The van der Waals surface area contributed by atoms with Crippen LogP contribution in [0.5, 0.6) is 0 Å². The summed E-state index contributed by atoms with van der Waals surface area (Å²) in [6, 6.07) is 5.13. The van der Waals surface area contributed by atoms with Crippen LogP contribution in [-0.2, 0) is 6.54 Å². The highest BCUT2D eigenvalue weighted by atomic mass is 35.5. The van der Waals surface area contributed by atoms with Gasteiger partial charge in [0.05, 0.1) is 16.9 Å². The van der Waals surface area contributed by atoms with Crippen LogP contribution in [0.15, 0.2) is 41.6 Å². The number of likely N-dealkylation sites (tertiary alicyclic amines) is 1. The van der Waals surface area contributed by atoms with Crippen molar-refractivity contribution >= 4 is 17.2 Å². The molecule has 24 heavy (non-hydrogen) atoms. The van der Waals surface area contributed by atoms with Gasteiger partial charge in [-0.2, -0.15) is 5.10 Å². The van der Waals surface area contributed by atoms with Crippen LogP contribution in [0, 0.1) is 0 Å². The van der Waals surface area contributed by atoms with Crippen molar-refractivity contribution in [3.8, 4) is 0 Å². The Hall–Kier alpha value is -2.18. The zero-order valence-electron chi connectivity index (χ0n) is 13.2. The summed E-state index contributed by atoms with van der Waals surface area (Å²) >= 11 is 5.94. The molecule has 1 aliphatic heterocycles. The number of fused-ring (bicyclic) bond motifs is 1. The van der Waals surface area contributed by atoms with E-state index in [4.69, 9.17) is 11.6 Å². The van der Waals surface area contributed by atoms with Gasteiger partial charge in [0.25, 0.3) is 5.56 Å². The summed E-state index contributed by atoms with van der Waals surface area (Å²) in [6.07, 6.45) is 7.70. The molecule has 1 N–H and O–H groups in total. The molecule has 0 bridgehead atoms. The summed E-state index contributed by atoms with van der Waals surface area (Å²) in [7, 11) is 0. The first kappa shape index (κ1) is 15.4. The first-order chi connectivity index (χ1) is 11.7. The first-order valence-corrected chi connectivity index (χ1v) is 8.46. The topological polar surface area (TPSA) is 66.3 Å². The van der Waals surface area contributed by atoms with E-state index < -0.39 is 0 Å². The Balaban J connectivity index is 1.47. The number of aromatic amines is 1. The molecule has 124 valence electrons. The first-order valence-electron chi connectivity index (χ1n) is 8.08. The summed E-state index contributed by atoms with van der Waals surface area (Å²) in [5.41, 5.74) is 2.64. The van der Waals surface area contributed by atoms with E-state index >= 15 is 0 Å². The number of halogens is 1. The lowest BCUT2D eigenvalue weighted by Gasteiger charge is -2.31. The quantitative estimate of drug-likeness (QED) is 0.793. The number of nitrogens with one attached hydrogen (secondary N) is 1. The minimum absolute atomic E-state index is 0.0919. The van der Waals surface area contributed by atoms with Crippen LogP contribution in [0.25, 0.3) is 5.65 Å². The van der Waals surface area contributed by atoms with Gasteiger partial charge in [-0.05, 0) is 49.5 Å². The van der Waals surface area contributed by atoms with E-state index in [1.807, 2.05) is 12.4 Å². The number of hydrogen-bond acceptors (Lipinski definition) is 4. The Morgan fingerprint density at radius 1 is 1.29 bits per heavy atom. The van der Waals surface area contributed by atoms with Gasteiger partial charge < -0.3 is 0 Å². The van der Waals surface area contributed by atoms with Gasteiger partial charge in [-0.3, -0.25) is 19.2 Å². The summed E-state index contributed by atoms with van der Waals surface area (Å²) < 4.78 is 1.48. The van der Waals surface area contributed by atoms with Crippen molar-refractivity contribution in [2.24, 2.45) is 0 Å². The van der Waals surface area contributed by atoms with Crippen molar-refractivity contribution in [2.75, 3.05) is 13.1 Å². The third-order valence-electron chi connectivity index (χ3n) is 4.64. The lowest BCUT2D eigenvalue weighted by molar-refractivity contribution is 0.202. The average Bonchev–Trinajstić information content (AvgIpc) is 3.11. The molecule has 1 saturated heterocycles. The Morgan fingerprint density at radius 2 is 2.12 bits per heavy atom. The predicted octanol–water partition coefficient (Wildman–Crippen LogP) is 2.45. The van der Waals surface area contributed by atoms with Crippen molar-refractivity contribution in [3.05, 3.63) is 63.4 Å². The van der Waals surface area contributed by atoms with Gasteiger partial charge in [-0.25, -0.2) is 4.98 Å². The minimum Gasteiger partial charge on any atom is -0.297 e. The third kappa shape index (κ3) is 3.07. The van der Waals surface area contributed by atoms with Gasteiger partial charge in [0.1, 0.15) is 5.65 Å². The molecular formula is C17H18ClN5O. The molecule has 1 fully saturated rings. The van der Waals surface area contributed by atoms with E-state index in [9.17, 15) is 4.79 Å². The largest absolute Gasteiger partial charge is 0.297 e. The highest BCUT2D eigenvalue weighted by Gasteiger charge is 2.21. The molecule has 3 aromatic heterocycles. The van der Waals surface area contributed by atoms with Gasteiger partial charge in [0.15, 0.2) is 0 Å². The molecule has 0 unspecified atom stereocenters. The molecule has 0 aliphatic carbocycles. The van der Waals surface area contributed by atoms with E-state index in [-0.39, 0.29) is 5.56 Å². The SMILES string of the molecule is O=c1cc(CN2CCC(c3cn[nH]c3)CC2)nc2ccc(Cl)cn12. The van der Waals surface area contributed by atoms with E-state index in [0.29, 0.717) is 23.1 Å². The fourth-order valence-electron chi connectivity index (χ4n) is 3.34. The van der Waals surface area contributed by atoms with Crippen molar-refractivity contribution < 1.29 is 0 Å². The molecule has 0 aromatic carbocycles. The molecule has 0 spiro atoms. The number of nitrogens with zero attached hydrogens (tertiary/aromatic N) is 4. The second-order valence-electron chi connectivity index (χ2n) is 6.24. The maximum atomic E-state index is 12.2. The molecule has 4 rings (SSSR count). The fraction of sp³-hybridized carbons (Fsp3) is 0.353. The van der Waals surface area contributed by atoms with E-state index in [1.54, 1.807) is 24.4 Å². The molecule has 6 nitrogen and oxygen atoms in total. The Morgan fingerprint density at radius 3 is 2.88 bits per heavy atom. The van der Waals surface area contributed by atoms with Crippen LogP contribution in [0.2, 0.25) is 5.02 Å². The lowest BCUT2D eigenvalue weighted by Crippen LogP contribution is -2.33. The van der Waals surface area contributed by atoms with Crippen LogP contribution in [-0.4, -0.2) is 37.6 Å². The molecule has 0 saturated carbocycles. The van der Waals surface area contributed by atoms with Crippen LogP contribution >= 0.6 is 11.6 Å². The molecule has 4 heterocycles. The Labute approximate surface area is 144 Å². The molecule has 1 aliphatic rings. The molecule has 7 heteroatoms. The predicted molar refractivity (Wildman–Crippen MR) is 92.3 cm³/mol. The highest BCUT2D eigenvalue weighted by molar-refractivity contribution is 6.30. The maximum absolute atomic E-state index is 12.2. The monoisotopic (exact) mass is 343 g/mol. The van der Waals surface area contributed by atoms with E-state index in [1.165, 1.54) is 9.96 Å². The van der Waals surface area contributed by atoms with Crippen molar-refractivity contribution in [2.45, 2.75) is 25.3 Å². The second-order valence-corrected chi connectivity index (χ2v) is 6.68. The summed E-state index contributed by atoms with van der Waals surface area (Å²) in [5, 5.41) is 7.45. The summed E-state index contributed by atoms with van der Waals surface area (Å²) in [4.78, 5) is 19.2.